The SMILES string of the molecule is Cc1ccccc1Sc1cnc(C(=O)NC2C3CCN(CC3)C2C)s1. The van der Waals surface area contributed by atoms with Crippen LogP contribution in [0.2, 0.25) is 0 Å². The van der Waals surface area contributed by atoms with Crippen molar-refractivity contribution in [1.29, 1.82) is 0 Å². The first-order chi connectivity index (χ1) is 12.1. The number of fused-ring (bicyclic) bond motifs is 3. The van der Waals surface area contributed by atoms with E-state index >= 15 is 0 Å². The molecule has 0 radical (unpaired) electrons. The maximum absolute atomic E-state index is 12.7. The van der Waals surface area contributed by atoms with Gasteiger partial charge in [0.05, 0.1) is 10.4 Å². The number of thiazole rings is 1. The topological polar surface area (TPSA) is 45.2 Å². The second kappa shape index (κ2) is 7.09. The highest BCUT2D eigenvalue weighted by atomic mass is 32.2. The molecule has 1 aromatic heterocycles. The number of piperidine rings is 3. The number of carbonyl (C=O) groups is 1. The normalized spacial score (nSPS) is 28.1. The van der Waals surface area contributed by atoms with E-state index in [4.69, 9.17) is 0 Å². The third-order valence-corrected chi connectivity index (χ3v) is 7.73. The quantitative estimate of drug-likeness (QED) is 0.885. The van der Waals surface area contributed by atoms with Gasteiger partial charge < -0.3 is 5.32 Å². The van der Waals surface area contributed by atoms with Crippen LogP contribution in [0.5, 0.6) is 0 Å². The Morgan fingerprint density at radius 3 is 2.80 bits per heavy atom. The Kier molecular flexibility index (Phi) is 4.84. The standard InChI is InChI=1S/C19H23N3OS2/c1-12-5-3-4-6-15(12)24-16-11-20-19(25-16)18(23)21-17-13(2)22-9-7-14(17)8-10-22/h3-6,11,13-14,17H,7-10H2,1-2H3,(H,21,23). The van der Waals surface area contributed by atoms with Crippen molar-refractivity contribution < 1.29 is 4.79 Å². The van der Waals surface area contributed by atoms with Gasteiger partial charge in [-0.05, 0) is 57.3 Å². The van der Waals surface area contributed by atoms with Gasteiger partial charge in [-0.25, -0.2) is 4.98 Å². The zero-order valence-electron chi connectivity index (χ0n) is 14.6. The van der Waals surface area contributed by atoms with Crippen molar-refractivity contribution >= 4 is 29.0 Å². The largest absolute Gasteiger partial charge is 0.345 e. The van der Waals surface area contributed by atoms with Crippen molar-refractivity contribution in [1.82, 2.24) is 15.2 Å². The molecule has 3 aliphatic rings. The molecule has 1 N–H and O–H groups in total. The van der Waals surface area contributed by atoms with E-state index in [1.165, 1.54) is 47.7 Å². The molecule has 0 aliphatic carbocycles. The summed E-state index contributed by atoms with van der Waals surface area (Å²) in [6.45, 7) is 6.68. The maximum atomic E-state index is 12.7. The summed E-state index contributed by atoms with van der Waals surface area (Å²) in [6.07, 6.45) is 4.21. The first-order valence-electron chi connectivity index (χ1n) is 8.86. The summed E-state index contributed by atoms with van der Waals surface area (Å²) in [5, 5.41) is 3.83. The first kappa shape index (κ1) is 17.1. The molecule has 0 saturated carbocycles. The monoisotopic (exact) mass is 373 g/mol. The van der Waals surface area contributed by atoms with Crippen LogP contribution in [0.3, 0.4) is 0 Å². The predicted octanol–water partition coefficient (Wildman–Crippen LogP) is 3.82. The summed E-state index contributed by atoms with van der Waals surface area (Å²) in [7, 11) is 0. The highest BCUT2D eigenvalue weighted by Crippen LogP contribution is 2.35. The van der Waals surface area contributed by atoms with E-state index in [1.807, 2.05) is 18.3 Å². The number of amides is 1. The molecule has 5 rings (SSSR count). The number of rotatable bonds is 4. The Bertz CT molecular complexity index is 766. The molecule has 1 aromatic carbocycles. The second-order valence-corrected chi connectivity index (χ2v) is 9.34. The Hall–Kier alpha value is -1.37. The van der Waals surface area contributed by atoms with E-state index in [0.717, 1.165) is 4.21 Å². The summed E-state index contributed by atoms with van der Waals surface area (Å²) in [4.78, 5) is 20.7. The number of carbonyl (C=O) groups excluding carboxylic acids is 1. The van der Waals surface area contributed by atoms with Gasteiger partial charge in [-0.15, -0.1) is 11.3 Å². The van der Waals surface area contributed by atoms with E-state index in [9.17, 15) is 4.79 Å². The molecule has 2 aromatic rings. The van der Waals surface area contributed by atoms with Gasteiger partial charge in [0, 0.05) is 17.0 Å². The van der Waals surface area contributed by atoms with Gasteiger partial charge in [0.1, 0.15) is 0 Å². The third-order valence-electron chi connectivity index (χ3n) is 5.46. The Morgan fingerprint density at radius 2 is 2.08 bits per heavy atom. The third kappa shape index (κ3) is 3.48. The smallest absolute Gasteiger partial charge is 0.280 e. The van der Waals surface area contributed by atoms with Crippen molar-refractivity contribution in [3.05, 3.63) is 41.0 Å². The lowest BCUT2D eigenvalue weighted by Gasteiger charge is -2.49. The fourth-order valence-corrected chi connectivity index (χ4v) is 5.87. The van der Waals surface area contributed by atoms with Crippen LogP contribution in [0.4, 0.5) is 0 Å². The van der Waals surface area contributed by atoms with E-state index in [2.05, 4.69) is 41.2 Å². The molecular weight excluding hydrogens is 350 g/mol. The van der Waals surface area contributed by atoms with Gasteiger partial charge in [0.25, 0.3) is 5.91 Å². The minimum atomic E-state index is -0.0211. The lowest BCUT2D eigenvalue weighted by Crippen LogP contribution is -2.62. The van der Waals surface area contributed by atoms with Crippen LogP contribution in [0.25, 0.3) is 0 Å². The van der Waals surface area contributed by atoms with Crippen LogP contribution in [0.15, 0.2) is 39.6 Å². The van der Waals surface area contributed by atoms with Gasteiger partial charge >= 0.3 is 0 Å². The Labute approximate surface area is 157 Å². The average Bonchev–Trinajstić information content (AvgIpc) is 3.09. The molecular formula is C19H23N3OS2. The molecule has 3 saturated heterocycles. The zero-order valence-corrected chi connectivity index (χ0v) is 16.2. The highest BCUT2D eigenvalue weighted by molar-refractivity contribution is 8.01. The van der Waals surface area contributed by atoms with Crippen LogP contribution in [0.1, 0.15) is 35.1 Å². The van der Waals surface area contributed by atoms with E-state index < -0.39 is 0 Å². The van der Waals surface area contributed by atoms with E-state index in [1.54, 1.807) is 11.8 Å². The molecule has 6 heteroatoms. The van der Waals surface area contributed by atoms with Crippen LogP contribution < -0.4 is 5.32 Å². The first-order valence-corrected chi connectivity index (χ1v) is 10.5. The molecule has 0 spiro atoms. The van der Waals surface area contributed by atoms with Crippen molar-refractivity contribution in [3.63, 3.8) is 0 Å². The van der Waals surface area contributed by atoms with Crippen LogP contribution in [-0.4, -0.2) is 41.0 Å². The summed E-state index contributed by atoms with van der Waals surface area (Å²) in [5.41, 5.74) is 1.24. The molecule has 4 heterocycles. The van der Waals surface area contributed by atoms with Gasteiger partial charge in [-0.1, -0.05) is 30.0 Å². The number of benzene rings is 1. The van der Waals surface area contributed by atoms with Crippen molar-refractivity contribution in [3.8, 4) is 0 Å². The minimum absolute atomic E-state index is 0.0211. The fraction of sp³-hybridized carbons (Fsp3) is 0.474. The number of aryl methyl sites for hydroxylation is 1. The average molecular weight is 374 g/mol. The number of hydrogen-bond acceptors (Lipinski definition) is 5. The Morgan fingerprint density at radius 1 is 1.32 bits per heavy atom. The molecule has 25 heavy (non-hydrogen) atoms. The van der Waals surface area contributed by atoms with E-state index in [-0.39, 0.29) is 11.9 Å². The number of nitrogens with one attached hydrogen (secondary N) is 1. The highest BCUT2D eigenvalue weighted by Gasteiger charge is 2.40. The molecule has 4 nitrogen and oxygen atoms in total. The summed E-state index contributed by atoms with van der Waals surface area (Å²) in [5.74, 6) is 0.594. The summed E-state index contributed by atoms with van der Waals surface area (Å²) < 4.78 is 1.06. The van der Waals surface area contributed by atoms with Gasteiger partial charge in [0.15, 0.2) is 5.01 Å². The van der Waals surface area contributed by atoms with Gasteiger partial charge in [-0.3, -0.25) is 9.69 Å². The van der Waals surface area contributed by atoms with Gasteiger partial charge in [-0.2, -0.15) is 0 Å². The van der Waals surface area contributed by atoms with Crippen molar-refractivity contribution in [2.45, 2.75) is 47.9 Å². The van der Waals surface area contributed by atoms with Crippen molar-refractivity contribution in [2.24, 2.45) is 5.92 Å². The summed E-state index contributed by atoms with van der Waals surface area (Å²) >= 11 is 3.16. The minimum Gasteiger partial charge on any atom is -0.345 e. The number of hydrogen-bond donors (Lipinski definition) is 1. The number of aromatic nitrogens is 1. The van der Waals surface area contributed by atoms with Crippen LogP contribution in [0, 0.1) is 12.8 Å². The number of nitrogens with zero attached hydrogens (tertiary/aromatic N) is 2. The molecule has 1 amide bonds. The molecule has 2 atom stereocenters. The van der Waals surface area contributed by atoms with E-state index in [0.29, 0.717) is 17.0 Å². The summed E-state index contributed by atoms with van der Waals surface area (Å²) in [6, 6.07) is 8.97. The van der Waals surface area contributed by atoms with Crippen LogP contribution >= 0.6 is 23.1 Å². The lowest BCUT2D eigenvalue weighted by atomic mass is 9.79. The molecule has 2 unspecified atom stereocenters. The molecule has 3 aliphatic heterocycles. The van der Waals surface area contributed by atoms with Gasteiger partial charge in [0.2, 0.25) is 0 Å². The Balaban J connectivity index is 1.43. The molecule has 2 bridgehead atoms. The fourth-order valence-electron chi connectivity index (χ4n) is 3.95. The second-order valence-electron chi connectivity index (χ2n) is 6.97. The maximum Gasteiger partial charge on any atom is 0.280 e. The predicted molar refractivity (Wildman–Crippen MR) is 102 cm³/mol. The lowest BCUT2D eigenvalue weighted by molar-refractivity contribution is 0.0217. The molecule has 132 valence electrons. The zero-order chi connectivity index (χ0) is 17.4. The van der Waals surface area contributed by atoms with Crippen LogP contribution in [-0.2, 0) is 0 Å². The van der Waals surface area contributed by atoms with Crippen molar-refractivity contribution in [2.75, 3.05) is 13.1 Å². The molecule has 3 fully saturated rings.